The number of hydrogen-bond acceptors (Lipinski definition) is 3. The first-order chi connectivity index (χ1) is 7.56. The van der Waals surface area contributed by atoms with Crippen LogP contribution in [0.25, 0.3) is 0 Å². The van der Waals surface area contributed by atoms with Gasteiger partial charge in [-0.3, -0.25) is 4.79 Å². The Balaban J connectivity index is 2.87. The molecule has 0 radical (unpaired) electrons. The van der Waals surface area contributed by atoms with Crippen LogP contribution in [-0.4, -0.2) is 18.5 Å². The fourth-order valence-electron chi connectivity index (χ4n) is 1.31. The van der Waals surface area contributed by atoms with Crippen molar-refractivity contribution in [2.75, 3.05) is 11.9 Å². The first-order valence-corrected chi connectivity index (χ1v) is 5.14. The molecule has 4 nitrogen and oxygen atoms in total. The maximum Gasteiger partial charge on any atom is 0.253 e. The molecule has 0 aliphatic heterocycles. The molecule has 0 saturated heterocycles. The Hall–Kier alpha value is -1.62. The van der Waals surface area contributed by atoms with E-state index in [0.717, 1.165) is 6.42 Å². The van der Waals surface area contributed by atoms with Crippen LogP contribution in [0.1, 0.15) is 23.7 Å². The smallest absolute Gasteiger partial charge is 0.253 e. The highest BCUT2D eigenvalue weighted by Gasteiger charge is 2.13. The molecule has 0 saturated carbocycles. The predicted molar refractivity (Wildman–Crippen MR) is 61.7 cm³/mol. The number of carbonyl (C=O) groups excluding carboxylic acids is 1. The van der Waals surface area contributed by atoms with Gasteiger partial charge >= 0.3 is 0 Å². The van der Waals surface area contributed by atoms with E-state index >= 15 is 0 Å². The molecule has 1 amide bonds. The van der Waals surface area contributed by atoms with E-state index in [-0.39, 0.29) is 11.6 Å². The molecule has 16 heavy (non-hydrogen) atoms. The van der Waals surface area contributed by atoms with E-state index < -0.39 is 11.7 Å². The van der Waals surface area contributed by atoms with Crippen LogP contribution in [0.15, 0.2) is 18.2 Å². The average Bonchev–Trinajstić information content (AvgIpc) is 2.25. The van der Waals surface area contributed by atoms with Gasteiger partial charge in [0.1, 0.15) is 5.82 Å². The van der Waals surface area contributed by atoms with Crippen LogP contribution in [0.5, 0.6) is 0 Å². The second kappa shape index (κ2) is 5.46. The highest BCUT2D eigenvalue weighted by atomic mass is 19.1. The number of primary amides is 1. The van der Waals surface area contributed by atoms with Crippen LogP contribution in [0, 0.1) is 5.82 Å². The van der Waals surface area contributed by atoms with Crippen molar-refractivity contribution < 1.29 is 9.18 Å². The van der Waals surface area contributed by atoms with Gasteiger partial charge in [-0.1, -0.05) is 13.0 Å². The number of carbonyl (C=O) groups is 1. The molecule has 1 rings (SSSR count). The normalized spacial score (nSPS) is 12.2. The Kier molecular flexibility index (Phi) is 4.25. The standard InChI is InChI=1S/C11H16FN3O/c1-2-7(13)6-15-9-5-3-4-8(12)10(9)11(14)16/h3-5,7,15H,2,6,13H2,1H3,(H2,14,16). The van der Waals surface area contributed by atoms with Crippen LogP contribution < -0.4 is 16.8 Å². The van der Waals surface area contributed by atoms with Gasteiger partial charge in [-0.2, -0.15) is 0 Å². The summed E-state index contributed by atoms with van der Waals surface area (Å²) in [5.74, 6) is -1.41. The lowest BCUT2D eigenvalue weighted by Gasteiger charge is -2.14. The van der Waals surface area contributed by atoms with Gasteiger partial charge in [0.25, 0.3) is 5.91 Å². The first-order valence-electron chi connectivity index (χ1n) is 5.14. The van der Waals surface area contributed by atoms with E-state index in [0.29, 0.717) is 12.2 Å². The number of hydrogen-bond donors (Lipinski definition) is 3. The van der Waals surface area contributed by atoms with Gasteiger partial charge in [0.2, 0.25) is 0 Å². The third-order valence-corrected chi connectivity index (χ3v) is 2.34. The first kappa shape index (κ1) is 12.4. The highest BCUT2D eigenvalue weighted by Crippen LogP contribution is 2.18. The zero-order valence-electron chi connectivity index (χ0n) is 9.16. The van der Waals surface area contributed by atoms with Crippen molar-refractivity contribution in [1.29, 1.82) is 0 Å². The van der Waals surface area contributed by atoms with Crippen molar-refractivity contribution in [3.05, 3.63) is 29.6 Å². The molecule has 0 bridgehead atoms. The van der Waals surface area contributed by atoms with Crippen molar-refractivity contribution in [2.24, 2.45) is 11.5 Å². The molecular formula is C11H16FN3O. The second-order valence-electron chi connectivity index (χ2n) is 3.58. The van der Waals surface area contributed by atoms with Crippen molar-refractivity contribution in [2.45, 2.75) is 19.4 Å². The minimum absolute atomic E-state index is 0.0380. The minimum atomic E-state index is -0.786. The van der Waals surface area contributed by atoms with Gasteiger partial charge in [-0.05, 0) is 18.6 Å². The Morgan fingerprint density at radius 1 is 1.56 bits per heavy atom. The fourth-order valence-corrected chi connectivity index (χ4v) is 1.31. The van der Waals surface area contributed by atoms with Gasteiger partial charge in [-0.25, -0.2) is 4.39 Å². The van der Waals surface area contributed by atoms with E-state index in [1.807, 2.05) is 6.92 Å². The maximum atomic E-state index is 13.3. The molecule has 0 aliphatic carbocycles. The Labute approximate surface area is 93.8 Å². The van der Waals surface area contributed by atoms with Gasteiger partial charge in [0.05, 0.1) is 5.56 Å². The molecule has 1 atom stereocenters. The molecule has 1 aromatic carbocycles. The van der Waals surface area contributed by atoms with E-state index in [4.69, 9.17) is 11.5 Å². The molecule has 0 fully saturated rings. The number of nitrogens with one attached hydrogen (secondary N) is 1. The van der Waals surface area contributed by atoms with Gasteiger partial charge in [0, 0.05) is 18.3 Å². The van der Waals surface area contributed by atoms with Gasteiger partial charge in [-0.15, -0.1) is 0 Å². The van der Waals surface area contributed by atoms with Crippen molar-refractivity contribution >= 4 is 11.6 Å². The van der Waals surface area contributed by atoms with Crippen molar-refractivity contribution in [3.8, 4) is 0 Å². The van der Waals surface area contributed by atoms with Gasteiger partial charge < -0.3 is 16.8 Å². The van der Waals surface area contributed by atoms with Crippen molar-refractivity contribution in [1.82, 2.24) is 0 Å². The maximum absolute atomic E-state index is 13.3. The average molecular weight is 225 g/mol. The van der Waals surface area contributed by atoms with E-state index in [1.165, 1.54) is 12.1 Å². The molecule has 1 unspecified atom stereocenters. The number of halogens is 1. The summed E-state index contributed by atoms with van der Waals surface area (Å²) in [7, 11) is 0. The minimum Gasteiger partial charge on any atom is -0.383 e. The van der Waals surface area contributed by atoms with Gasteiger partial charge in [0.15, 0.2) is 0 Å². The van der Waals surface area contributed by atoms with Crippen molar-refractivity contribution in [3.63, 3.8) is 0 Å². The molecule has 88 valence electrons. The van der Waals surface area contributed by atoms with Crippen LogP contribution >= 0.6 is 0 Å². The number of nitrogens with two attached hydrogens (primary N) is 2. The number of amides is 1. The monoisotopic (exact) mass is 225 g/mol. The van der Waals surface area contributed by atoms with E-state index in [9.17, 15) is 9.18 Å². The number of anilines is 1. The third kappa shape index (κ3) is 2.93. The summed E-state index contributed by atoms with van der Waals surface area (Å²) >= 11 is 0. The number of rotatable bonds is 5. The summed E-state index contributed by atoms with van der Waals surface area (Å²) in [5.41, 5.74) is 11.1. The SMILES string of the molecule is CCC(N)CNc1cccc(F)c1C(N)=O. The lowest BCUT2D eigenvalue weighted by molar-refractivity contribution is 0.0997. The third-order valence-electron chi connectivity index (χ3n) is 2.34. The lowest BCUT2D eigenvalue weighted by atomic mass is 10.1. The summed E-state index contributed by atoms with van der Waals surface area (Å²) in [6.45, 7) is 2.42. The highest BCUT2D eigenvalue weighted by molar-refractivity contribution is 5.98. The summed E-state index contributed by atoms with van der Waals surface area (Å²) < 4.78 is 13.3. The Bertz CT molecular complexity index is 381. The summed E-state index contributed by atoms with van der Waals surface area (Å²) in [4.78, 5) is 11.1. The van der Waals surface area contributed by atoms with Crippen LogP contribution in [-0.2, 0) is 0 Å². The molecular weight excluding hydrogens is 209 g/mol. The molecule has 0 aromatic heterocycles. The molecule has 5 heteroatoms. The Morgan fingerprint density at radius 2 is 2.25 bits per heavy atom. The largest absolute Gasteiger partial charge is 0.383 e. The molecule has 1 aromatic rings. The molecule has 0 heterocycles. The Morgan fingerprint density at radius 3 is 2.81 bits per heavy atom. The van der Waals surface area contributed by atoms with Crippen LogP contribution in [0.2, 0.25) is 0 Å². The molecule has 0 aliphatic rings. The molecule has 0 spiro atoms. The second-order valence-corrected chi connectivity index (χ2v) is 3.58. The van der Waals surface area contributed by atoms with Crippen LogP contribution in [0.4, 0.5) is 10.1 Å². The molecule has 5 N–H and O–H groups in total. The lowest BCUT2D eigenvalue weighted by Crippen LogP contribution is -2.29. The number of benzene rings is 1. The summed E-state index contributed by atoms with van der Waals surface area (Å²) in [5, 5.41) is 2.92. The quantitative estimate of drug-likeness (QED) is 0.701. The van der Waals surface area contributed by atoms with E-state index in [2.05, 4.69) is 5.32 Å². The topological polar surface area (TPSA) is 81.1 Å². The van der Waals surface area contributed by atoms with Crippen LogP contribution in [0.3, 0.4) is 0 Å². The summed E-state index contributed by atoms with van der Waals surface area (Å²) in [6.07, 6.45) is 0.800. The fraction of sp³-hybridized carbons (Fsp3) is 0.364. The summed E-state index contributed by atoms with van der Waals surface area (Å²) in [6, 6.07) is 4.28. The predicted octanol–water partition coefficient (Wildman–Crippen LogP) is 1.07. The van der Waals surface area contributed by atoms with E-state index in [1.54, 1.807) is 6.07 Å². The zero-order valence-corrected chi connectivity index (χ0v) is 9.16. The zero-order chi connectivity index (χ0) is 12.1.